The number of nitrogens with zero attached hydrogens (tertiary/aromatic N) is 1. The first-order chi connectivity index (χ1) is 13.7. The normalized spacial score (nSPS) is 12.0. The first-order valence-corrected chi connectivity index (χ1v) is 11.2. The van der Waals surface area contributed by atoms with E-state index in [9.17, 15) is 0 Å². The Kier molecular flexibility index (Phi) is 7.73. The van der Waals surface area contributed by atoms with Gasteiger partial charge in [0.05, 0.1) is 0 Å². The molecular weight excluding hydrogens is 406 g/mol. The summed E-state index contributed by atoms with van der Waals surface area (Å²) in [5, 5.41) is 0. The van der Waals surface area contributed by atoms with Crippen LogP contribution in [0.5, 0.6) is 0 Å². The van der Waals surface area contributed by atoms with Crippen molar-refractivity contribution in [3.63, 3.8) is 0 Å². The largest absolute Gasteiger partial charge is 0.311 e. The quantitative estimate of drug-likeness (QED) is 0.324. The van der Waals surface area contributed by atoms with Crippen LogP contribution in [-0.4, -0.2) is 0 Å². The van der Waals surface area contributed by atoms with Gasteiger partial charge < -0.3 is 4.90 Å². The molecule has 0 saturated heterocycles. The number of unbranched alkanes of at least 4 members (excludes halogenated alkanes) is 1. The zero-order valence-electron chi connectivity index (χ0n) is 16.9. The molecule has 0 aliphatic heterocycles. The Bertz CT molecular complexity index is 825. The summed E-state index contributed by atoms with van der Waals surface area (Å²) in [6.07, 6.45) is 6.40. The van der Waals surface area contributed by atoms with Gasteiger partial charge in [-0.15, -0.1) is 0 Å². The highest BCUT2D eigenvalue weighted by atomic mass is 79.9. The highest BCUT2D eigenvalue weighted by Crippen LogP contribution is 2.35. The van der Waals surface area contributed by atoms with E-state index in [0.29, 0.717) is 0 Å². The van der Waals surface area contributed by atoms with Crippen molar-refractivity contribution in [1.29, 1.82) is 0 Å². The number of anilines is 3. The predicted molar refractivity (Wildman–Crippen MR) is 126 cm³/mol. The Balaban J connectivity index is 1.85. The molecule has 0 aromatic heterocycles. The third-order valence-corrected chi connectivity index (χ3v) is 5.89. The molecule has 1 nitrogen and oxygen atoms in total. The molecule has 0 aliphatic carbocycles. The fraction of sp³-hybridized carbons (Fsp3) is 0.308. The molecule has 1 unspecified atom stereocenters. The molecule has 3 rings (SSSR count). The summed E-state index contributed by atoms with van der Waals surface area (Å²) in [6.45, 7) is 4.60. The highest BCUT2D eigenvalue weighted by Gasteiger charge is 2.13. The highest BCUT2D eigenvalue weighted by molar-refractivity contribution is 9.10. The summed E-state index contributed by atoms with van der Waals surface area (Å²) in [4.78, 5) is 2.31. The van der Waals surface area contributed by atoms with E-state index in [4.69, 9.17) is 0 Å². The van der Waals surface area contributed by atoms with E-state index in [0.717, 1.165) is 16.1 Å². The van der Waals surface area contributed by atoms with E-state index in [1.807, 2.05) is 0 Å². The fourth-order valence-corrected chi connectivity index (χ4v) is 3.94. The monoisotopic (exact) mass is 435 g/mol. The van der Waals surface area contributed by atoms with Crippen LogP contribution < -0.4 is 4.90 Å². The number of halogens is 1. The summed E-state index contributed by atoms with van der Waals surface area (Å²) in [6, 6.07) is 28.2. The van der Waals surface area contributed by atoms with Gasteiger partial charge in [-0.05, 0) is 66.4 Å². The molecular formula is C26H30BrN. The number of rotatable bonds is 9. The third kappa shape index (κ3) is 5.48. The Morgan fingerprint density at radius 1 is 0.750 bits per heavy atom. The Labute approximate surface area is 178 Å². The van der Waals surface area contributed by atoms with Crippen LogP contribution in [0.25, 0.3) is 0 Å². The van der Waals surface area contributed by atoms with Gasteiger partial charge in [0.2, 0.25) is 0 Å². The fourth-order valence-electron chi connectivity index (χ4n) is 3.67. The maximum absolute atomic E-state index is 3.55. The zero-order valence-corrected chi connectivity index (χ0v) is 18.5. The van der Waals surface area contributed by atoms with E-state index < -0.39 is 0 Å². The molecule has 0 amide bonds. The lowest BCUT2D eigenvalue weighted by Gasteiger charge is -2.26. The molecule has 0 N–H and O–H groups in total. The van der Waals surface area contributed by atoms with E-state index in [-0.39, 0.29) is 0 Å². The second-order valence-corrected chi connectivity index (χ2v) is 8.35. The van der Waals surface area contributed by atoms with Gasteiger partial charge in [-0.3, -0.25) is 0 Å². The Morgan fingerprint density at radius 3 is 1.89 bits per heavy atom. The molecule has 1 atom stereocenters. The Morgan fingerprint density at radius 2 is 1.32 bits per heavy atom. The number of hydrogen-bond acceptors (Lipinski definition) is 1. The van der Waals surface area contributed by atoms with Crippen LogP contribution in [-0.2, 0) is 6.42 Å². The van der Waals surface area contributed by atoms with Gasteiger partial charge in [-0.1, -0.05) is 85.8 Å². The molecule has 2 heteroatoms. The van der Waals surface area contributed by atoms with E-state index in [1.54, 1.807) is 0 Å². The van der Waals surface area contributed by atoms with Crippen LogP contribution in [0.2, 0.25) is 0 Å². The minimum absolute atomic E-state index is 0.794. The second kappa shape index (κ2) is 10.5. The van der Waals surface area contributed by atoms with Crippen molar-refractivity contribution < 1.29 is 0 Å². The first kappa shape index (κ1) is 20.7. The molecule has 0 fully saturated rings. The Hall–Kier alpha value is -2.06. The van der Waals surface area contributed by atoms with Crippen LogP contribution in [0, 0.1) is 5.92 Å². The van der Waals surface area contributed by atoms with Crippen molar-refractivity contribution >= 4 is 33.0 Å². The van der Waals surface area contributed by atoms with E-state index in [1.165, 1.54) is 49.0 Å². The van der Waals surface area contributed by atoms with Crippen molar-refractivity contribution in [2.75, 3.05) is 4.90 Å². The van der Waals surface area contributed by atoms with Crippen LogP contribution in [0.3, 0.4) is 0 Å². The molecule has 0 saturated carbocycles. The van der Waals surface area contributed by atoms with Gasteiger partial charge >= 0.3 is 0 Å². The smallest absolute Gasteiger partial charge is 0.0462 e. The summed E-state index contributed by atoms with van der Waals surface area (Å²) >= 11 is 3.55. The van der Waals surface area contributed by atoms with Crippen molar-refractivity contribution in [2.24, 2.45) is 5.92 Å². The lowest BCUT2D eigenvalue weighted by molar-refractivity contribution is 0.449. The molecule has 0 bridgehead atoms. The standard InChI is InChI=1S/C26H30BrN/c1-3-5-9-21(4-2)20-22-12-16-25(17-13-22)28(24-10-7-6-8-11-24)26-18-14-23(27)15-19-26/h6-8,10-19,21H,3-5,9,20H2,1-2H3. The van der Waals surface area contributed by atoms with Gasteiger partial charge in [-0.25, -0.2) is 0 Å². The van der Waals surface area contributed by atoms with Gasteiger partial charge in [0.1, 0.15) is 0 Å². The minimum Gasteiger partial charge on any atom is -0.311 e. The average molecular weight is 436 g/mol. The van der Waals surface area contributed by atoms with Gasteiger partial charge in [-0.2, -0.15) is 0 Å². The summed E-state index contributed by atoms with van der Waals surface area (Å²) < 4.78 is 1.09. The van der Waals surface area contributed by atoms with Crippen LogP contribution >= 0.6 is 15.9 Å². The second-order valence-electron chi connectivity index (χ2n) is 7.43. The molecule has 0 aliphatic rings. The maximum atomic E-state index is 3.55. The van der Waals surface area contributed by atoms with Crippen LogP contribution in [0.4, 0.5) is 17.1 Å². The topological polar surface area (TPSA) is 3.24 Å². The molecule has 0 spiro atoms. The van der Waals surface area contributed by atoms with E-state index >= 15 is 0 Å². The maximum Gasteiger partial charge on any atom is 0.0462 e. The van der Waals surface area contributed by atoms with Gasteiger partial charge in [0.25, 0.3) is 0 Å². The minimum atomic E-state index is 0.794. The lowest BCUT2D eigenvalue weighted by atomic mass is 9.92. The van der Waals surface area contributed by atoms with Crippen molar-refractivity contribution in [2.45, 2.75) is 46.0 Å². The van der Waals surface area contributed by atoms with Crippen molar-refractivity contribution in [3.05, 3.63) is 88.9 Å². The molecule has 3 aromatic carbocycles. The predicted octanol–water partition coefficient (Wildman–Crippen LogP) is 8.68. The van der Waals surface area contributed by atoms with Crippen molar-refractivity contribution in [1.82, 2.24) is 0 Å². The van der Waals surface area contributed by atoms with Gasteiger partial charge in [0, 0.05) is 21.5 Å². The SMILES string of the molecule is CCCCC(CC)Cc1ccc(N(c2ccccc2)c2ccc(Br)cc2)cc1. The number of para-hydroxylation sites is 1. The molecule has 146 valence electrons. The summed E-state index contributed by atoms with van der Waals surface area (Å²) in [7, 11) is 0. The van der Waals surface area contributed by atoms with Crippen LogP contribution in [0.15, 0.2) is 83.3 Å². The first-order valence-electron chi connectivity index (χ1n) is 10.4. The zero-order chi connectivity index (χ0) is 19.8. The molecule has 3 aromatic rings. The summed E-state index contributed by atoms with van der Waals surface area (Å²) in [5.41, 5.74) is 4.97. The molecule has 0 radical (unpaired) electrons. The summed E-state index contributed by atoms with van der Waals surface area (Å²) in [5.74, 6) is 0.794. The third-order valence-electron chi connectivity index (χ3n) is 5.36. The van der Waals surface area contributed by atoms with E-state index in [2.05, 4.69) is 114 Å². The molecule has 28 heavy (non-hydrogen) atoms. The lowest BCUT2D eigenvalue weighted by Crippen LogP contribution is -2.10. The molecule has 0 heterocycles. The average Bonchev–Trinajstić information content (AvgIpc) is 2.74. The van der Waals surface area contributed by atoms with Crippen LogP contribution in [0.1, 0.15) is 45.1 Å². The number of hydrogen-bond donors (Lipinski definition) is 0. The van der Waals surface area contributed by atoms with Crippen molar-refractivity contribution in [3.8, 4) is 0 Å². The number of benzene rings is 3. The van der Waals surface area contributed by atoms with Gasteiger partial charge in [0.15, 0.2) is 0 Å².